The molecule has 110 valence electrons. The molecule has 1 amide bonds. The van der Waals surface area contributed by atoms with Crippen LogP contribution >= 0.6 is 0 Å². The fourth-order valence-electron chi connectivity index (χ4n) is 3.09. The molecule has 0 aromatic carbocycles. The van der Waals surface area contributed by atoms with Crippen LogP contribution in [-0.2, 0) is 11.8 Å². The molecule has 3 unspecified atom stereocenters. The number of carbonyl (C=O) groups is 1. The van der Waals surface area contributed by atoms with E-state index < -0.39 is 0 Å². The van der Waals surface area contributed by atoms with Crippen molar-refractivity contribution in [3.8, 4) is 0 Å². The molecule has 1 N–H and O–H groups in total. The lowest BCUT2D eigenvalue weighted by Crippen LogP contribution is -2.27. The Morgan fingerprint density at radius 3 is 3.15 bits per heavy atom. The Kier molecular flexibility index (Phi) is 3.78. The average Bonchev–Trinajstić information content (AvgIpc) is 2.84. The lowest BCUT2D eigenvalue weighted by atomic mass is 10.0. The molecule has 1 saturated heterocycles. The summed E-state index contributed by atoms with van der Waals surface area (Å²) in [6, 6.07) is 0.371. The van der Waals surface area contributed by atoms with Gasteiger partial charge < -0.3 is 10.1 Å². The smallest absolute Gasteiger partial charge is 0.254 e. The summed E-state index contributed by atoms with van der Waals surface area (Å²) in [5.41, 5.74) is 1.63. The zero-order chi connectivity index (χ0) is 14.1. The van der Waals surface area contributed by atoms with Crippen molar-refractivity contribution in [3.05, 3.63) is 17.5 Å². The van der Waals surface area contributed by atoms with Gasteiger partial charge in [0.2, 0.25) is 0 Å². The summed E-state index contributed by atoms with van der Waals surface area (Å²) in [6.07, 6.45) is 6.32. The van der Waals surface area contributed by atoms with Gasteiger partial charge in [-0.2, -0.15) is 5.10 Å². The molecule has 5 nitrogen and oxygen atoms in total. The van der Waals surface area contributed by atoms with Crippen molar-refractivity contribution in [2.75, 3.05) is 13.2 Å². The van der Waals surface area contributed by atoms with Gasteiger partial charge >= 0.3 is 0 Å². The number of aryl methyl sites for hydroxylation is 1. The van der Waals surface area contributed by atoms with E-state index in [1.807, 2.05) is 13.2 Å². The number of rotatable bonds is 5. The molecule has 1 aliphatic carbocycles. The van der Waals surface area contributed by atoms with Crippen LogP contribution in [0, 0.1) is 5.92 Å². The summed E-state index contributed by atoms with van der Waals surface area (Å²) in [7, 11) is 1.87. The van der Waals surface area contributed by atoms with Crippen molar-refractivity contribution in [1.29, 1.82) is 0 Å². The Morgan fingerprint density at radius 2 is 2.45 bits per heavy atom. The van der Waals surface area contributed by atoms with Crippen LogP contribution in [0.25, 0.3) is 0 Å². The van der Waals surface area contributed by atoms with Crippen molar-refractivity contribution >= 4 is 5.91 Å². The van der Waals surface area contributed by atoms with Gasteiger partial charge in [0, 0.05) is 31.8 Å². The van der Waals surface area contributed by atoms with E-state index in [0.29, 0.717) is 18.6 Å². The van der Waals surface area contributed by atoms with Crippen molar-refractivity contribution < 1.29 is 9.53 Å². The van der Waals surface area contributed by atoms with Crippen LogP contribution in [0.4, 0.5) is 0 Å². The van der Waals surface area contributed by atoms with Crippen LogP contribution < -0.4 is 5.32 Å². The number of amides is 1. The largest absolute Gasteiger partial charge is 0.381 e. The van der Waals surface area contributed by atoms with E-state index in [1.165, 1.54) is 12.8 Å². The fraction of sp³-hybridized carbons (Fsp3) is 0.733. The van der Waals surface area contributed by atoms with Gasteiger partial charge in [0.25, 0.3) is 5.91 Å². The fourth-order valence-corrected chi connectivity index (χ4v) is 3.09. The van der Waals surface area contributed by atoms with Crippen molar-refractivity contribution in [2.45, 2.75) is 44.6 Å². The number of aromatic nitrogens is 2. The molecule has 0 radical (unpaired) electrons. The molecule has 0 bridgehead atoms. The first-order chi connectivity index (χ1) is 9.69. The van der Waals surface area contributed by atoms with Gasteiger partial charge in [-0.3, -0.25) is 9.48 Å². The molecule has 1 aliphatic heterocycles. The van der Waals surface area contributed by atoms with Gasteiger partial charge in [0.1, 0.15) is 0 Å². The number of hydrogen-bond acceptors (Lipinski definition) is 3. The second-order valence-electron chi connectivity index (χ2n) is 6.03. The van der Waals surface area contributed by atoms with Gasteiger partial charge in [-0.15, -0.1) is 0 Å². The number of nitrogens with zero attached hydrogens (tertiary/aromatic N) is 2. The lowest BCUT2D eigenvalue weighted by Gasteiger charge is -2.08. The molecule has 2 heterocycles. The lowest BCUT2D eigenvalue weighted by molar-refractivity contribution is 0.0947. The zero-order valence-electron chi connectivity index (χ0n) is 12.3. The molecule has 2 fully saturated rings. The first kappa shape index (κ1) is 13.6. The van der Waals surface area contributed by atoms with Crippen LogP contribution in [-0.4, -0.2) is 34.9 Å². The minimum atomic E-state index is 0.0311. The second-order valence-corrected chi connectivity index (χ2v) is 6.03. The highest BCUT2D eigenvalue weighted by Gasteiger charge is 2.38. The van der Waals surface area contributed by atoms with E-state index in [2.05, 4.69) is 17.3 Å². The van der Waals surface area contributed by atoms with Gasteiger partial charge in [-0.25, -0.2) is 0 Å². The zero-order valence-corrected chi connectivity index (χ0v) is 12.3. The van der Waals surface area contributed by atoms with Gasteiger partial charge in [-0.1, -0.05) is 13.3 Å². The van der Waals surface area contributed by atoms with Crippen LogP contribution in [0.5, 0.6) is 0 Å². The Hall–Kier alpha value is -1.36. The second kappa shape index (κ2) is 5.56. The maximum absolute atomic E-state index is 12.4. The van der Waals surface area contributed by atoms with E-state index in [4.69, 9.17) is 4.74 Å². The standard InChI is InChI=1S/C15H23N3O2/c1-3-4-10-7-13(10)16-15(19)12-8-18(2)17-14(12)11-5-6-20-9-11/h8,10-11,13H,3-7,9H2,1-2H3,(H,16,19). The highest BCUT2D eigenvalue weighted by Crippen LogP contribution is 2.35. The van der Waals surface area contributed by atoms with E-state index in [9.17, 15) is 4.79 Å². The van der Waals surface area contributed by atoms with Crippen LogP contribution in [0.2, 0.25) is 0 Å². The molecular formula is C15H23N3O2. The van der Waals surface area contributed by atoms with Crippen molar-refractivity contribution in [2.24, 2.45) is 13.0 Å². The Morgan fingerprint density at radius 1 is 1.60 bits per heavy atom. The molecule has 5 heteroatoms. The van der Waals surface area contributed by atoms with E-state index in [0.717, 1.165) is 30.7 Å². The maximum Gasteiger partial charge on any atom is 0.254 e. The van der Waals surface area contributed by atoms with Crippen LogP contribution in [0.1, 0.15) is 54.6 Å². The first-order valence-electron chi connectivity index (χ1n) is 7.61. The van der Waals surface area contributed by atoms with Crippen molar-refractivity contribution in [3.63, 3.8) is 0 Å². The average molecular weight is 277 g/mol. The van der Waals surface area contributed by atoms with Gasteiger partial charge in [0.15, 0.2) is 0 Å². The molecule has 20 heavy (non-hydrogen) atoms. The summed E-state index contributed by atoms with van der Waals surface area (Å²) >= 11 is 0. The quantitative estimate of drug-likeness (QED) is 0.893. The maximum atomic E-state index is 12.4. The Labute approximate surface area is 119 Å². The number of ether oxygens (including phenoxy) is 1. The number of nitrogens with one attached hydrogen (secondary N) is 1. The van der Waals surface area contributed by atoms with Crippen molar-refractivity contribution in [1.82, 2.24) is 15.1 Å². The van der Waals surface area contributed by atoms with E-state index in [-0.39, 0.29) is 11.8 Å². The predicted octanol–water partition coefficient (Wildman–Crippen LogP) is 1.84. The molecule has 2 aliphatic rings. The molecule has 1 saturated carbocycles. The minimum absolute atomic E-state index is 0.0311. The third-order valence-corrected chi connectivity index (χ3v) is 4.32. The monoisotopic (exact) mass is 277 g/mol. The predicted molar refractivity (Wildman–Crippen MR) is 75.7 cm³/mol. The Bertz CT molecular complexity index is 491. The minimum Gasteiger partial charge on any atom is -0.381 e. The molecule has 1 aromatic rings. The van der Waals surface area contributed by atoms with E-state index >= 15 is 0 Å². The third kappa shape index (κ3) is 2.73. The van der Waals surface area contributed by atoms with Crippen LogP contribution in [0.15, 0.2) is 6.20 Å². The topological polar surface area (TPSA) is 56.2 Å². The van der Waals surface area contributed by atoms with E-state index in [1.54, 1.807) is 4.68 Å². The highest BCUT2D eigenvalue weighted by atomic mass is 16.5. The van der Waals surface area contributed by atoms with Crippen LogP contribution in [0.3, 0.4) is 0 Å². The van der Waals surface area contributed by atoms with Gasteiger partial charge in [-0.05, 0) is 25.2 Å². The highest BCUT2D eigenvalue weighted by molar-refractivity contribution is 5.95. The molecule has 1 aromatic heterocycles. The molecular weight excluding hydrogens is 254 g/mol. The summed E-state index contributed by atoms with van der Waals surface area (Å²) in [6.45, 7) is 3.64. The number of carbonyl (C=O) groups excluding carboxylic acids is 1. The summed E-state index contributed by atoms with van der Waals surface area (Å²) < 4.78 is 7.15. The molecule has 0 spiro atoms. The Balaban J connectivity index is 1.68. The number of hydrogen-bond donors (Lipinski definition) is 1. The molecule has 3 atom stereocenters. The summed E-state index contributed by atoms with van der Waals surface area (Å²) in [5.74, 6) is 0.977. The summed E-state index contributed by atoms with van der Waals surface area (Å²) in [4.78, 5) is 12.4. The normalized spacial score (nSPS) is 28.6. The third-order valence-electron chi connectivity index (χ3n) is 4.32. The first-order valence-corrected chi connectivity index (χ1v) is 7.61. The SMILES string of the molecule is CCCC1CC1NC(=O)c1cn(C)nc1C1CCOC1. The van der Waals surface area contributed by atoms with Gasteiger partial charge in [0.05, 0.1) is 17.9 Å². The molecule has 3 rings (SSSR count). The summed E-state index contributed by atoms with van der Waals surface area (Å²) in [5, 5.41) is 7.62.